The molecule has 1 aliphatic rings. The van der Waals surface area contributed by atoms with Gasteiger partial charge in [-0.2, -0.15) is 0 Å². The summed E-state index contributed by atoms with van der Waals surface area (Å²) in [5.41, 5.74) is 4.69. The van der Waals surface area contributed by atoms with E-state index in [1.807, 2.05) is 20.8 Å². The van der Waals surface area contributed by atoms with Crippen molar-refractivity contribution in [3.8, 4) is 0 Å². The molecule has 1 aliphatic heterocycles. The summed E-state index contributed by atoms with van der Waals surface area (Å²) in [6.45, 7) is 7.38. The highest BCUT2D eigenvalue weighted by Crippen LogP contribution is 2.14. The number of rotatable bonds is 0. The molecule has 0 spiro atoms. The topological polar surface area (TPSA) is 101 Å². The SMILES string of the molecule is CC(C)(C)OC(=O)N1CCCC1.Nc1n[nH]c(=O)s1. The summed E-state index contributed by atoms with van der Waals surface area (Å²) in [5.74, 6) is 0. The molecule has 1 saturated heterocycles. The second kappa shape index (κ2) is 6.55. The molecule has 0 unspecified atom stereocenters. The van der Waals surface area contributed by atoms with Crippen LogP contribution in [0.3, 0.4) is 0 Å². The van der Waals surface area contributed by atoms with Gasteiger partial charge < -0.3 is 15.4 Å². The van der Waals surface area contributed by atoms with Gasteiger partial charge >= 0.3 is 11.0 Å². The first kappa shape index (κ1) is 15.5. The van der Waals surface area contributed by atoms with Crippen LogP contribution in [0.25, 0.3) is 0 Å². The minimum Gasteiger partial charge on any atom is -0.444 e. The Bertz CT molecular complexity index is 457. The second-order valence-electron chi connectivity index (χ2n) is 5.13. The molecule has 0 bridgehead atoms. The van der Waals surface area contributed by atoms with Gasteiger partial charge in [-0.1, -0.05) is 0 Å². The van der Waals surface area contributed by atoms with Crippen molar-refractivity contribution >= 4 is 22.6 Å². The molecule has 0 aliphatic carbocycles. The predicted molar refractivity (Wildman–Crippen MR) is 74.2 cm³/mol. The molecule has 8 heteroatoms. The maximum atomic E-state index is 11.4. The van der Waals surface area contributed by atoms with Crippen LogP contribution in [0.1, 0.15) is 33.6 Å². The second-order valence-corrected chi connectivity index (χ2v) is 6.12. The molecule has 2 heterocycles. The van der Waals surface area contributed by atoms with Gasteiger partial charge in [0.05, 0.1) is 0 Å². The molecule has 1 amide bonds. The Hall–Kier alpha value is -1.57. The van der Waals surface area contributed by atoms with Crippen molar-refractivity contribution in [1.82, 2.24) is 15.1 Å². The van der Waals surface area contributed by atoms with Gasteiger partial charge in [0.1, 0.15) is 5.60 Å². The molecule has 3 N–H and O–H groups in total. The van der Waals surface area contributed by atoms with E-state index in [4.69, 9.17) is 10.5 Å². The van der Waals surface area contributed by atoms with Gasteiger partial charge in [0.15, 0.2) is 0 Å². The number of nitrogens with two attached hydrogens (primary N) is 1. The maximum absolute atomic E-state index is 11.4. The summed E-state index contributed by atoms with van der Waals surface area (Å²) in [6.07, 6.45) is 2.05. The van der Waals surface area contributed by atoms with Crippen molar-refractivity contribution in [1.29, 1.82) is 0 Å². The number of nitrogens with zero attached hydrogens (tertiary/aromatic N) is 2. The smallest absolute Gasteiger partial charge is 0.410 e. The van der Waals surface area contributed by atoms with Gasteiger partial charge in [-0.25, -0.2) is 9.89 Å². The first-order valence-corrected chi connectivity index (χ1v) is 6.88. The van der Waals surface area contributed by atoms with E-state index < -0.39 is 0 Å². The van der Waals surface area contributed by atoms with Gasteiger partial charge in [-0.15, -0.1) is 5.10 Å². The Balaban J connectivity index is 0.000000218. The van der Waals surface area contributed by atoms with Crippen LogP contribution in [0.15, 0.2) is 4.79 Å². The van der Waals surface area contributed by atoms with Crippen LogP contribution in [-0.4, -0.2) is 39.9 Å². The lowest BCUT2D eigenvalue weighted by Crippen LogP contribution is -2.34. The van der Waals surface area contributed by atoms with E-state index in [1.165, 1.54) is 0 Å². The molecule has 19 heavy (non-hydrogen) atoms. The summed E-state index contributed by atoms with van der Waals surface area (Å²) >= 11 is 0.898. The van der Waals surface area contributed by atoms with Gasteiger partial charge in [0, 0.05) is 13.1 Å². The summed E-state index contributed by atoms with van der Waals surface area (Å²) in [4.78, 5) is 23.0. The summed E-state index contributed by atoms with van der Waals surface area (Å²) in [5, 5.41) is 5.81. The molecular weight excluding hydrogens is 268 g/mol. The van der Waals surface area contributed by atoms with Crippen LogP contribution in [0.5, 0.6) is 0 Å². The average molecular weight is 288 g/mol. The number of nitrogen functional groups attached to an aromatic ring is 1. The van der Waals surface area contributed by atoms with Crippen LogP contribution in [-0.2, 0) is 4.74 Å². The zero-order valence-corrected chi connectivity index (χ0v) is 12.2. The number of aromatic amines is 1. The van der Waals surface area contributed by atoms with E-state index in [1.54, 1.807) is 4.90 Å². The number of likely N-dealkylation sites (tertiary alicyclic amines) is 1. The molecular formula is C11H20N4O3S. The number of H-pyrrole nitrogens is 1. The molecule has 7 nitrogen and oxygen atoms in total. The standard InChI is InChI=1S/C9H17NO2.C2H3N3OS/c1-9(2,3)12-8(11)10-6-4-5-7-10;3-1-4-5-2(6)7-1/h4-7H2,1-3H3;(H2,3,4)(H,5,6). The van der Waals surface area contributed by atoms with E-state index in [0.717, 1.165) is 37.3 Å². The zero-order valence-electron chi connectivity index (χ0n) is 11.4. The largest absolute Gasteiger partial charge is 0.444 e. The van der Waals surface area contributed by atoms with E-state index in [-0.39, 0.29) is 21.7 Å². The third-order valence-corrected chi connectivity index (χ3v) is 2.79. The van der Waals surface area contributed by atoms with Crippen molar-refractivity contribution in [2.45, 2.75) is 39.2 Å². The number of nitrogens with one attached hydrogen (secondary N) is 1. The molecule has 0 radical (unpaired) electrons. The lowest BCUT2D eigenvalue weighted by molar-refractivity contribution is 0.0295. The van der Waals surface area contributed by atoms with E-state index in [0.29, 0.717) is 0 Å². The number of ether oxygens (including phenoxy) is 1. The third kappa shape index (κ3) is 6.23. The fourth-order valence-corrected chi connectivity index (χ4v) is 1.84. The number of hydrogen-bond acceptors (Lipinski definition) is 6. The van der Waals surface area contributed by atoms with Crippen LogP contribution in [0.4, 0.5) is 9.93 Å². The monoisotopic (exact) mass is 288 g/mol. The molecule has 0 saturated carbocycles. The number of carbonyl (C=O) groups excluding carboxylic acids is 1. The van der Waals surface area contributed by atoms with E-state index in [2.05, 4.69) is 10.2 Å². The lowest BCUT2D eigenvalue weighted by Gasteiger charge is -2.23. The highest BCUT2D eigenvalue weighted by molar-refractivity contribution is 7.12. The fraction of sp³-hybridized carbons (Fsp3) is 0.727. The number of anilines is 1. The Kier molecular flexibility index (Phi) is 5.34. The molecule has 1 fully saturated rings. The van der Waals surface area contributed by atoms with Gasteiger partial charge in [-0.3, -0.25) is 4.79 Å². The van der Waals surface area contributed by atoms with E-state index >= 15 is 0 Å². The lowest BCUT2D eigenvalue weighted by atomic mass is 10.2. The number of amides is 1. The molecule has 1 aromatic rings. The van der Waals surface area contributed by atoms with Crippen LogP contribution in [0, 0.1) is 0 Å². The highest BCUT2D eigenvalue weighted by Gasteiger charge is 2.23. The summed E-state index contributed by atoms with van der Waals surface area (Å²) < 4.78 is 5.21. The molecule has 0 aromatic carbocycles. The molecule has 2 rings (SSSR count). The average Bonchev–Trinajstić information content (AvgIpc) is 2.88. The Labute approximate surface area is 115 Å². The number of carbonyl (C=O) groups is 1. The van der Waals surface area contributed by atoms with E-state index in [9.17, 15) is 9.59 Å². The molecule has 108 valence electrons. The first-order chi connectivity index (χ1) is 8.78. The number of hydrogen-bond donors (Lipinski definition) is 2. The maximum Gasteiger partial charge on any atom is 0.410 e. The first-order valence-electron chi connectivity index (χ1n) is 6.07. The van der Waals surface area contributed by atoms with Crippen LogP contribution in [0.2, 0.25) is 0 Å². The normalized spacial score (nSPS) is 14.8. The van der Waals surface area contributed by atoms with Crippen molar-refractivity contribution in [3.05, 3.63) is 9.67 Å². The predicted octanol–water partition coefficient (Wildman–Crippen LogP) is 1.43. The van der Waals surface area contributed by atoms with Crippen LogP contribution >= 0.6 is 11.3 Å². The van der Waals surface area contributed by atoms with Gasteiger partial charge in [0.25, 0.3) is 0 Å². The summed E-state index contributed by atoms with van der Waals surface area (Å²) in [6, 6.07) is 0. The minimum absolute atomic E-state index is 0.167. The van der Waals surface area contributed by atoms with Crippen LogP contribution < -0.4 is 10.6 Å². The van der Waals surface area contributed by atoms with Crippen molar-refractivity contribution in [2.24, 2.45) is 0 Å². The Morgan fingerprint density at radius 2 is 2.00 bits per heavy atom. The Morgan fingerprint density at radius 3 is 2.32 bits per heavy atom. The molecule has 1 aromatic heterocycles. The van der Waals surface area contributed by atoms with Crippen molar-refractivity contribution < 1.29 is 9.53 Å². The fourth-order valence-electron chi connectivity index (χ4n) is 1.47. The quantitative estimate of drug-likeness (QED) is 0.752. The highest BCUT2D eigenvalue weighted by atomic mass is 32.1. The van der Waals surface area contributed by atoms with Gasteiger partial charge in [-0.05, 0) is 44.9 Å². The zero-order chi connectivity index (χ0) is 14.5. The third-order valence-electron chi connectivity index (χ3n) is 2.21. The minimum atomic E-state index is -0.361. The number of aromatic nitrogens is 2. The van der Waals surface area contributed by atoms with Gasteiger partial charge in [0.2, 0.25) is 5.13 Å². The Morgan fingerprint density at radius 1 is 1.42 bits per heavy atom. The van der Waals surface area contributed by atoms with Crippen molar-refractivity contribution in [2.75, 3.05) is 18.8 Å². The summed E-state index contributed by atoms with van der Waals surface area (Å²) in [7, 11) is 0. The molecule has 0 atom stereocenters. The van der Waals surface area contributed by atoms with Crippen molar-refractivity contribution in [3.63, 3.8) is 0 Å².